The predicted molar refractivity (Wildman–Crippen MR) is 117 cm³/mol. The van der Waals surface area contributed by atoms with Crippen LogP contribution in [0.5, 0.6) is 0 Å². The Morgan fingerprint density at radius 1 is 1.25 bits per heavy atom. The SMILES string of the molecule is CCN1CCCC1CNC(=NCC(=O)N(C)C)NCCc1c(C)cccc1C. The van der Waals surface area contributed by atoms with E-state index in [-0.39, 0.29) is 12.5 Å². The summed E-state index contributed by atoms with van der Waals surface area (Å²) < 4.78 is 0. The molecule has 1 aromatic rings. The lowest BCUT2D eigenvalue weighted by Gasteiger charge is -2.24. The van der Waals surface area contributed by atoms with Crippen molar-refractivity contribution in [3.8, 4) is 0 Å². The first-order valence-electron chi connectivity index (χ1n) is 10.4. The Kier molecular flexibility index (Phi) is 8.77. The maximum Gasteiger partial charge on any atom is 0.243 e. The number of nitrogens with one attached hydrogen (secondary N) is 2. The Morgan fingerprint density at radius 3 is 2.61 bits per heavy atom. The van der Waals surface area contributed by atoms with Crippen LogP contribution in [-0.4, -0.2) is 74.5 Å². The largest absolute Gasteiger partial charge is 0.356 e. The molecule has 0 saturated carbocycles. The number of amides is 1. The number of guanidine groups is 1. The van der Waals surface area contributed by atoms with Gasteiger partial charge < -0.3 is 15.5 Å². The maximum atomic E-state index is 11.9. The molecule has 1 fully saturated rings. The maximum absolute atomic E-state index is 11.9. The summed E-state index contributed by atoms with van der Waals surface area (Å²) in [5.74, 6) is 0.733. The van der Waals surface area contributed by atoms with Crippen LogP contribution in [0.25, 0.3) is 0 Å². The van der Waals surface area contributed by atoms with Crippen LogP contribution in [-0.2, 0) is 11.2 Å². The number of likely N-dealkylation sites (tertiary alicyclic amines) is 1. The third-order valence-corrected chi connectivity index (χ3v) is 5.59. The van der Waals surface area contributed by atoms with Gasteiger partial charge in [-0.1, -0.05) is 25.1 Å². The molecular formula is C22H37N5O. The second-order valence-electron chi connectivity index (χ2n) is 7.81. The molecule has 0 spiro atoms. The number of aryl methyl sites for hydroxylation is 2. The molecule has 0 radical (unpaired) electrons. The second-order valence-corrected chi connectivity index (χ2v) is 7.81. The Morgan fingerprint density at radius 2 is 1.96 bits per heavy atom. The van der Waals surface area contributed by atoms with Gasteiger partial charge in [0, 0.05) is 33.2 Å². The average Bonchev–Trinajstić information content (AvgIpc) is 3.12. The van der Waals surface area contributed by atoms with Crippen molar-refractivity contribution < 1.29 is 4.79 Å². The minimum absolute atomic E-state index is 0.00639. The van der Waals surface area contributed by atoms with Crippen LogP contribution in [0.4, 0.5) is 0 Å². The summed E-state index contributed by atoms with van der Waals surface area (Å²) in [7, 11) is 3.52. The molecule has 1 unspecified atom stereocenters. The lowest BCUT2D eigenvalue weighted by molar-refractivity contribution is -0.127. The van der Waals surface area contributed by atoms with Crippen molar-refractivity contribution in [3.05, 3.63) is 34.9 Å². The lowest BCUT2D eigenvalue weighted by Crippen LogP contribution is -2.45. The van der Waals surface area contributed by atoms with E-state index in [1.165, 1.54) is 36.1 Å². The van der Waals surface area contributed by atoms with E-state index in [1.54, 1.807) is 19.0 Å². The summed E-state index contributed by atoms with van der Waals surface area (Å²) in [5.41, 5.74) is 4.02. The molecule has 0 aliphatic carbocycles. The van der Waals surface area contributed by atoms with Gasteiger partial charge in [-0.05, 0) is 62.9 Å². The van der Waals surface area contributed by atoms with Crippen molar-refractivity contribution >= 4 is 11.9 Å². The summed E-state index contributed by atoms with van der Waals surface area (Å²) in [6.45, 7) is 10.6. The number of likely N-dealkylation sites (N-methyl/N-ethyl adjacent to an activating group) is 2. The Hall–Kier alpha value is -2.08. The number of hydrogen-bond acceptors (Lipinski definition) is 3. The topological polar surface area (TPSA) is 60.0 Å². The standard InChI is InChI=1S/C22H37N5O/c1-6-27-14-8-11-19(27)15-24-22(25-16-21(28)26(4)5)23-13-12-20-17(2)9-7-10-18(20)3/h7,9-10,19H,6,8,11-16H2,1-5H3,(H2,23,24,25). The fourth-order valence-electron chi connectivity index (χ4n) is 3.77. The van der Waals surface area contributed by atoms with Gasteiger partial charge in [0.25, 0.3) is 0 Å². The number of aliphatic imine (C=N–C) groups is 1. The van der Waals surface area contributed by atoms with Gasteiger partial charge in [0.2, 0.25) is 5.91 Å². The Bertz CT molecular complexity index is 651. The number of hydrogen-bond donors (Lipinski definition) is 2. The molecule has 1 saturated heterocycles. The van der Waals surface area contributed by atoms with Crippen molar-refractivity contribution in [2.45, 2.75) is 46.1 Å². The fraction of sp³-hybridized carbons (Fsp3) is 0.636. The van der Waals surface area contributed by atoms with Crippen LogP contribution in [0.2, 0.25) is 0 Å². The zero-order valence-electron chi connectivity index (χ0n) is 18.2. The van der Waals surface area contributed by atoms with Crippen LogP contribution >= 0.6 is 0 Å². The lowest BCUT2D eigenvalue weighted by atomic mass is 10.0. The van der Waals surface area contributed by atoms with Crippen LogP contribution < -0.4 is 10.6 Å². The molecule has 1 atom stereocenters. The molecular weight excluding hydrogens is 350 g/mol. The van der Waals surface area contributed by atoms with Crippen LogP contribution in [0.3, 0.4) is 0 Å². The third-order valence-electron chi connectivity index (χ3n) is 5.59. The summed E-state index contributed by atoms with van der Waals surface area (Å²) in [6, 6.07) is 6.96. The summed E-state index contributed by atoms with van der Waals surface area (Å²) in [4.78, 5) is 20.5. The van der Waals surface area contributed by atoms with E-state index >= 15 is 0 Å². The van der Waals surface area contributed by atoms with E-state index in [4.69, 9.17) is 0 Å². The first-order chi connectivity index (χ1) is 13.4. The minimum Gasteiger partial charge on any atom is -0.356 e. The number of benzene rings is 1. The molecule has 1 aromatic carbocycles. The van der Waals surface area contributed by atoms with Gasteiger partial charge in [-0.25, -0.2) is 4.99 Å². The van der Waals surface area contributed by atoms with Gasteiger partial charge >= 0.3 is 0 Å². The van der Waals surface area contributed by atoms with Crippen molar-refractivity contribution in [3.63, 3.8) is 0 Å². The molecule has 28 heavy (non-hydrogen) atoms. The average molecular weight is 388 g/mol. The molecule has 0 aromatic heterocycles. The zero-order chi connectivity index (χ0) is 20.5. The summed E-state index contributed by atoms with van der Waals surface area (Å²) in [5, 5.41) is 6.89. The smallest absolute Gasteiger partial charge is 0.243 e. The molecule has 156 valence electrons. The first-order valence-corrected chi connectivity index (χ1v) is 10.4. The van der Waals surface area contributed by atoms with Gasteiger partial charge in [0.05, 0.1) is 0 Å². The van der Waals surface area contributed by atoms with Gasteiger partial charge in [0.1, 0.15) is 6.54 Å². The van der Waals surface area contributed by atoms with Crippen LogP contribution in [0.15, 0.2) is 23.2 Å². The Labute approximate surface area is 170 Å². The first kappa shape index (κ1) is 22.2. The normalized spacial score (nSPS) is 17.6. The van der Waals surface area contributed by atoms with E-state index < -0.39 is 0 Å². The molecule has 2 N–H and O–H groups in total. The highest BCUT2D eigenvalue weighted by atomic mass is 16.2. The number of carbonyl (C=O) groups excluding carboxylic acids is 1. The van der Waals surface area contributed by atoms with E-state index in [9.17, 15) is 4.79 Å². The van der Waals surface area contributed by atoms with E-state index in [1.807, 2.05) is 0 Å². The van der Waals surface area contributed by atoms with Crippen molar-refractivity contribution in [1.29, 1.82) is 0 Å². The van der Waals surface area contributed by atoms with E-state index in [2.05, 4.69) is 59.5 Å². The van der Waals surface area contributed by atoms with Gasteiger partial charge in [-0.15, -0.1) is 0 Å². The minimum atomic E-state index is 0.00639. The fourth-order valence-corrected chi connectivity index (χ4v) is 3.77. The monoisotopic (exact) mass is 387 g/mol. The molecule has 1 amide bonds. The molecule has 1 aliphatic heterocycles. The van der Waals surface area contributed by atoms with Gasteiger partial charge in [-0.2, -0.15) is 0 Å². The summed E-state index contributed by atoms with van der Waals surface area (Å²) in [6.07, 6.45) is 3.41. The van der Waals surface area contributed by atoms with Crippen molar-refractivity contribution in [2.75, 3.05) is 46.8 Å². The second kappa shape index (κ2) is 11.1. The number of rotatable bonds is 8. The molecule has 0 bridgehead atoms. The highest BCUT2D eigenvalue weighted by Gasteiger charge is 2.22. The molecule has 6 heteroatoms. The zero-order valence-corrected chi connectivity index (χ0v) is 18.2. The summed E-state index contributed by atoms with van der Waals surface area (Å²) >= 11 is 0. The van der Waals surface area contributed by atoms with Crippen molar-refractivity contribution in [1.82, 2.24) is 20.4 Å². The highest BCUT2D eigenvalue weighted by molar-refractivity contribution is 5.84. The molecule has 1 aliphatic rings. The molecule has 2 rings (SSSR count). The van der Waals surface area contributed by atoms with Crippen molar-refractivity contribution in [2.24, 2.45) is 4.99 Å². The quantitative estimate of drug-likeness (QED) is 0.529. The molecule has 1 heterocycles. The van der Waals surface area contributed by atoms with E-state index in [0.717, 1.165) is 32.0 Å². The number of carbonyl (C=O) groups is 1. The highest BCUT2D eigenvalue weighted by Crippen LogP contribution is 2.15. The Balaban J connectivity index is 1.95. The predicted octanol–water partition coefficient (Wildman–Crippen LogP) is 1.95. The van der Waals surface area contributed by atoms with Crippen LogP contribution in [0, 0.1) is 13.8 Å². The van der Waals surface area contributed by atoms with Crippen LogP contribution in [0.1, 0.15) is 36.5 Å². The van der Waals surface area contributed by atoms with E-state index in [0.29, 0.717) is 6.04 Å². The van der Waals surface area contributed by atoms with Gasteiger partial charge in [-0.3, -0.25) is 9.69 Å². The molecule has 6 nitrogen and oxygen atoms in total. The third kappa shape index (κ3) is 6.51. The van der Waals surface area contributed by atoms with Gasteiger partial charge in [0.15, 0.2) is 5.96 Å². The number of nitrogens with zero attached hydrogens (tertiary/aromatic N) is 3.